The Morgan fingerprint density at radius 3 is 2.75 bits per heavy atom. The number of hydrogen-bond acceptors (Lipinski definition) is 4. The van der Waals surface area contributed by atoms with E-state index in [1.807, 2.05) is 0 Å². The zero-order valence-corrected chi connectivity index (χ0v) is 10.3. The van der Waals surface area contributed by atoms with Crippen molar-refractivity contribution in [2.75, 3.05) is 0 Å². The lowest BCUT2D eigenvalue weighted by Crippen LogP contribution is -2.27. The van der Waals surface area contributed by atoms with Crippen LogP contribution in [0.2, 0.25) is 0 Å². The third kappa shape index (κ3) is 3.11. The van der Waals surface area contributed by atoms with Crippen molar-refractivity contribution < 1.29 is 18.0 Å². The standard InChI is InChI=1S/C11H10F3N5O/c1-6(7-2-3-15-5-16-7)17-10(20)8-4-9(19-18-8)11(12,13)14/h2-6H,1H3,(H,17,20)(H,18,19)/t6-/m0/s1. The van der Waals surface area contributed by atoms with Gasteiger partial charge < -0.3 is 5.32 Å². The fourth-order valence-electron chi connectivity index (χ4n) is 1.48. The van der Waals surface area contributed by atoms with Crippen molar-refractivity contribution in [3.8, 4) is 0 Å². The smallest absolute Gasteiger partial charge is 0.343 e. The summed E-state index contributed by atoms with van der Waals surface area (Å²) in [6, 6.07) is 1.77. The Hall–Kier alpha value is -2.45. The van der Waals surface area contributed by atoms with Gasteiger partial charge in [0.05, 0.1) is 11.7 Å². The maximum absolute atomic E-state index is 12.4. The van der Waals surface area contributed by atoms with Gasteiger partial charge in [0.2, 0.25) is 0 Å². The van der Waals surface area contributed by atoms with Gasteiger partial charge in [0.15, 0.2) is 5.69 Å². The van der Waals surface area contributed by atoms with Crippen molar-refractivity contribution in [2.45, 2.75) is 19.1 Å². The second-order valence-electron chi connectivity index (χ2n) is 3.99. The minimum Gasteiger partial charge on any atom is -0.343 e. The first-order valence-electron chi connectivity index (χ1n) is 5.57. The molecule has 0 unspecified atom stereocenters. The molecule has 0 spiro atoms. The van der Waals surface area contributed by atoms with Crippen LogP contribution in [0.25, 0.3) is 0 Å². The predicted molar refractivity (Wildman–Crippen MR) is 61.5 cm³/mol. The van der Waals surface area contributed by atoms with Gasteiger partial charge in [-0.1, -0.05) is 0 Å². The van der Waals surface area contributed by atoms with Crippen LogP contribution in [0.1, 0.15) is 34.8 Å². The summed E-state index contributed by atoms with van der Waals surface area (Å²) in [5.41, 5.74) is -0.865. The monoisotopic (exact) mass is 285 g/mol. The van der Waals surface area contributed by atoms with Crippen LogP contribution in [0.5, 0.6) is 0 Å². The van der Waals surface area contributed by atoms with Gasteiger partial charge in [-0.2, -0.15) is 18.3 Å². The molecule has 20 heavy (non-hydrogen) atoms. The molecule has 9 heteroatoms. The molecule has 0 aliphatic heterocycles. The summed E-state index contributed by atoms with van der Waals surface area (Å²) in [4.78, 5) is 19.4. The zero-order chi connectivity index (χ0) is 14.8. The predicted octanol–water partition coefficient (Wildman–Crippen LogP) is 1.71. The van der Waals surface area contributed by atoms with Gasteiger partial charge in [-0.15, -0.1) is 0 Å². The van der Waals surface area contributed by atoms with E-state index in [0.29, 0.717) is 11.8 Å². The molecule has 6 nitrogen and oxygen atoms in total. The van der Waals surface area contributed by atoms with E-state index in [2.05, 4.69) is 20.4 Å². The van der Waals surface area contributed by atoms with Gasteiger partial charge in [-0.3, -0.25) is 9.89 Å². The van der Waals surface area contributed by atoms with Gasteiger partial charge >= 0.3 is 6.18 Å². The number of nitrogens with zero attached hydrogens (tertiary/aromatic N) is 3. The number of rotatable bonds is 3. The second-order valence-corrected chi connectivity index (χ2v) is 3.99. The normalized spacial score (nSPS) is 13.0. The molecule has 0 radical (unpaired) electrons. The summed E-state index contributed by atoms with van der Waals surface area (Å²) >= 11 is 0. The molecule has 2 rings (SSSR count). The van der Waals surface area contributed by atoms with Crippen molar-refractivity contribution in [1.29, 1.82) is 0 Å². The highest BCUT2D eigenvalue weighted by Gasteiger charge is 2.33. The maximum atomic E-state index is 12.4. The molecule has 0 saturated carbocycles. The first-order chi connectivity index (χ1) is 9.38. The second kappa shape index (κ2) is 5.27. The zero-order valence-electron chi connectivity index (χ0n) is 10.3. The molecule has 106 valence electrons. The van der Waals surface area contributed by atoms with E-state index < -0.39 is 23.8 Å². The number of aromatic amines is 1. The number of carbonyl (C=O) groups excluding carboxylic acids is 1. The van der Waals surface area contributed by atoms with Gasteiger partial charge in [0, 0.05) is 12.3 Å². The molecule has 2 aromatic heterocycles. The van der Waals surface area contributed by atoms with Gasteiger partial charge in [-0.25, -0.2) is 9.97 Å². The molecule has 2 heterocycles. The average molecular weight is 285 g/mol. The van der Waals surface area contributed by atoms with Crippen LogP contribution in [-0.2, 0) is 6.18 Å². The highest BCUT2D eigenvalue weighted by Crippen LogP contribution is 2.27. The lowest BCUT2D eigenvalue weighted by molar-refractivity contribution is -0.141. The van der Waals surface area contributed by atoms with Crippen molar-refractivity contribution in [2.24, 2.45) is 0 Å². The highest BCUT2D eigenvalue weighted by atomic mass is 19.4. The molecule has 0 aromatic carbocycles. The summed E-state index contributed by atoms with van der Waals surface area (Å²) in [5.74, 6) is -0.720. The number of aromatic nitrogens is 4. The molecule has 0 bridgehead atoms. The number of alkyl halides is 3. The quantitative estimate of drug-likeness (QED) is 0.899. The lowest BCUT2D eigenvalue weighted by atomic mass is 10.2. The molecule has 1 amide bonds. The first-order valence-corrected chi connectivity index (χ1v) is 5.57. The number of carbonyl (C=O) groups is 1. The van der Waals surface area contributed by atoms with Crippen molar-refractivity contribution in [3.63, 3.8) is 0 Å². The molecular formula is C11H10F3N5O. The van der Waals surface area contributed by atoms with Gasteiger partial charge in [0.1, 0.15) is 12.0 Å². The summed E-state index contributed by atoms with van der Waals surface area (Å²) < 4.78 is 37.1. The van der Waals surface area contributed by atoms with Crippen LogP contribution >= 0.6 is 0 Å². The summed E-state index contributed by atoms with van der Waals surface area (Å²) in [6.07, 6.45) is -1.75. The highest BCUT2D eigenvalue weighted by molar-refractivity contribution is 5.92. The van der Waals surface area contributed by atoms with E-state index in [-0.39, 0.29) is 5.69 Å². The van der Waals surface area contributed by atoms with E-state index in [1.54, 1.807) is 18.1 Å². The first kappa shape index (κ1) is 14.0. The van der Waals surface area contributed by atoms with Crippen molar-refractivity contribution >= 4 is 5.91 Å². The van der Waals surface area contributed by atoms with Crippen molar-refractivity contribution in [1.82, 2.24) is 25.5 Å². The molecule has 0 fully saturated rings. The molecule has 0 saturated heterocycles. The minimum absolute atomic E-state index is 0.335. The molecule has 0 aliphatic rings. The van der Waals surface area contributed by atoms with Gasteiger partial charge in [-0.05, 0) is 13.0 Å². The Bertz CT molecular complexity index is 596. The molecule has 2 N–H and O–H groups in total. The molecular weight excluding hydrogens is 275 g/mol. The largest absolute Gasteiger partial charge is 0.432 e. The van der Waals surface area contributed by atoms with Crippen LogP contribution in [0.3, 0.4) is 0 Å². The van der Waals surface area contributed by atoms with E-state index in [4.69, 9.17) is 0 Å². The number of amides is 1. The number of hydrogen-bond donors (Lipinski definition) is 2. The third-order valence-corrected chi connectivity index (χ3v) is 2.51. The molecule has 1 atom stereocenters. The van der Waals surface area contributed by atoms with Crippen LogP contribution in [0.4, 0.5) is 13.2 Å². The van der Waals surface area contributed by atoms with Crippen LogP contribution in [0, 0.1) is 0 Å². The lowest BCUT2D eigenvalue weighted by Gasteiger charge is -2.11. The van der Waals surface area contributed by atoms with E-state index in [1.165, 1.54) is 12.5 Å². The summed E-state index contributed by atoms with van der Waals surface area (Å²) in [7, 11) is 0. The van der Waals surface area contributed by atoms with E-state index in [0.717, 1.165) is 0 Å². The number of halogens is 3. The Balaban J connectivity index is 2.07. The Kier molecular flexibility index (Phi) is 3.68. The number of H-pyrrole nitrogens is 1. The number of nitrogens with one attached hydrogen (secondary N) is 2. The Morgan fingerprint density at radius 1 is 1.45 bits per heavy atom. The van der Waals surface area contributed by atoms with Crippen LogP contribution < -0.4 is 5.32 Å². The topological polar surface area (TPSA) is 83.6 Å². The SMILES string of the molecule is C[C@H](NC(=O)c1cc(C(F)(F)F)[nH]n1)c1ccncn1. The maximum Gasteiger partial charge on any atom is 0.432 e. The van der Waals surface area contributed by atoms with Gasteiger partial charge in [0.25, 0.3) is 5.91 Å². The summed E-state index contributed by atoms with van der Waals surface area (Å²) in [6.45, 7) is 1.65. The van der Waals surface area contributed by atoms with Crippen LogP contribution in [0.15, 0.2) is 24.7 Å². The Morgan fingerprint density at radius 2 is 2.20 bits per heavy atom. The third-order valence-electron chi connectivity index (χ3n) is 2.51. The average Bonchev–Trinajstić information content (AvgIpc) is 2.89. The molecule has 0 aliphatic carbocycles. The fraction of sp³-hybridized carbons (Fsp3) is 0.273. The summed E-state index contributed by atoms with van der Waals surface area (Å²) in [5, 5.41) is 7.62. The Labute approximate surface area is 111 Å². The van der Waals surface area contributed by atoms with E-state index >= 15 is 0 Å². The van der Waals surface area contributed by atoms with Crippen molar-refractivity contribution in [3.05, 3.63) is 41.7 Å². The molecule has 2 aromatic rings. The fourth-order valence-corrected chi connectivity index (χ4v) is 1.48. The van der Waals surface area contributed by atoms with Crippen LogP contribution in [-0.4, -0.2) is 26.1 Å². The van der Waals surface area contributed by atoms with E-state index in [9.17, 15) is 18.0 Å². The minimum atomic E-state index is -4.57.